The van der Waals surface area contributed by atoms with E-state index in [2.05, 4.69) is 15.0 Å². The van der Waals surface area contributed by atoms with Crippen LogP contribution in [-0.2, 0) is 11.8 Å². The van der Waals surface area contributed by atoms with Crippen molar-refractivity contribution in [2.45, 2.75) is 6.92 Å². The number of thiazole rings is 1. The zero-order chi connectivity index (χ0) is 19.7. The van der Waals surface area contributed by atoms with Crippen LogP contribution in [0.3, 0.4) is 0 Å². The van der Waals surface area contributed by atoms with Gasteiger partial charge >= 0.3 is 0 Å². The Kier molecular flexibility index (Phi) is 5.63. The molecule has 148 valence electrons. The van der Waals surface area contributed by atoms with Gasteiger partial charge in [-0.15, -0.1) is 0 Å². The molecule has 1 aliphatic rings. The van der Waals surface area contributed by atoms with E-state index in [1.54, 1.807) is 9.58 Å². The quantitative estimate of drug-likeness (QED) is 0.636. The van der Waals surface area contributed by atoms with Crippen LogP contribution in [0.15, 0.2) is 24.4 Å². The Morgan fingerprint density at radius 1 is 1.36 bits per heavy atom. The molecule has 28 heavy (non-hydrogen) atoms. The molecule has 0 N–H and O–H groups in total. The van der Waals surface area contributed by atoms with E-state index in [1.807, 2.05) is 38.4 Å². The molecule has 0 radical (unpaired) electrons. The number of amides is 1. The van der Waals surface area contributed by atoms with Crippen LogP contribution in [0, 0.1) is 6.92 Å². The van der Waals surface area contributed by atoms with Crippen LogP contribution in [-0.4, -0.2) is 65.0 Å². The number of hydrogen-bond donors (Lipinski definition) is 0. The van der Waals surface area contributed by atoms with Gasteiger partial charge in [-0.25, -0.2) is 4.98 Å². The molecule has 1 aromatic carbocycles. The van der Waals surface area contributed by atoms with Gasteiger partial charge < -0.3 is 4.74 Å². The first kappa shape index (κ1) is 19.3. The number of benzene rings is 1. The van der Waals surface area contributed by atoms with E-state index in [0.29, 0.717) is 22.4 Å². The van der Waals surface area contributed by atoms with Gasteiger partial charge in [0.1, 0.15) is 0 Å². The molecule has 1 amide bonds. The average molecular weight is 420 g/mol. The van der Waals surface area contributed by atoms with Crippen LogP contribution >= 0.6 is 22.9 Å². The minimum Gasteiger partial charge on any atom is -0.379 e. The van der Waals surface area contributed by atoms with Crippen molar-refractivity contribution in [1.82, 2.24) is 19.7 Å². The standard InChI is InChI=1S/C19H22ClN5O2S/c1-13-12-23(2)22-17(13)18(26)25(6-5-24-7-9-27-10-8-24)19-21-15-4-3-14(20)11-16(15)28-19/h3-4,11-12H,5-10H2,1-2H3. The van der Waals surface area contributed by atoms with E-state index in [-0.39, 0.29) is 5.91 Å². The third kappa shape index (κ3) is 4.05. The Morgan fingerprint density at radius 3 is 2.86 bits per heavy atom. The minimum absolute atomic E-state index is 0.128. The summed E-state index contributed by atoms with van der Waals surface area (Å²) < 4.78 is 8.05. The van der Waals surface area contributed by atoms with Crippen molar-refractivity contribution < 1.29 is 9.53 Å². The molecule has 2 aromatic heterocycles. The number of aryl methyl sites for hydroxylation is 2. The van der Waals surface area contributed by atoms with Crippen LogP contribution in [0.2, 0.25) is 5.02 Å². The summed E-state index contributed by atoms with van der Waals surface area (Å²) in [5.74, 6) is -0.128. The lowest BCUT2D eigenvalue weighted by Gasteiger charge is -2.29. The first-order chi connectivity index (χ1) is 13.5. The third-order valence-electron chi connectivity index (χ3n) is 4.77. The summed E-state index contributed by atoms with van der Waals surface area (Å²) in [5, 5.41) is 5.70. The van der Waals surface area contributed by atoms with Crippen molar-refractivity contribution in [2.24, 2.45) is 7.05 Å². The maximum Gasteiger partial charge on any atom is 0.280 e. The topological polar surface area (TPSA) is 63.5 Å². The molecule has 0 spiro atoms. The molecule has 4 rings (SSSR count). The van der Waals surface area contributed by atoms with Gasteiger partial charge in [-0.2, -0.15) is 5.10 Å². The first-order valence-corrected chi connectivity index (χ1v) is 10.4. The highest BCUT2D eigenvalue weighted by atomic mass is 35.5. The summed E-state index contributed by atoms with van der Waals surface area (Å²) >= 11 is 7.59. The smallest absolute Gasteiger partial charge is 0.280 e. The Bertz CT molecular complexity index is 996. The Hall–Kier alpha value is -2.00. The van der Waals surface area contributed by atoms with Crippen LogP contribution in [0.1, 0.15) is 16.1 Å². The van der Waals surface area contributed by atoms with E-state index in [4.69, 9.17) is 16.3 Å². The zero-order valence-electron chi connectivity index (χ0n) is 15.9. The molecule has 3 aromatic rings. The molecule has 7 nitrogen and oxygen atoms in total. The van der Waals surface area contributed by atoms with Gasteiger partial charge in [0.2, 0.25) is 0 Å². The number of nitrogens with zero attached hydrogens (tertiary/aromatic N) is 5. The van der Waals surface area contributed by atoms with Crippen molar-refractivity contribution in [1.29, 1.82) is 0 Å². The van der Waals surface area contributed by atoms with Gasteiger partial charge in [-0.3, -0.25) is 19.3 Å². The van der Waals surface area contributed by atoms with Crippen molar-refractivity contribution in [3.8, 4) is 0 Å². The molecule has 1 saturated heterocycles. The second-order valence-corrected chi connectivity index (χ2v) is 8.30. The fourth-order valence-electron chi connectivity index (χ4n) is 3.30. The fourth-order valence-corrected chi connectivity index (χ4v) is 4.56. The van der Waals surface area contributed by atoms with Crippen molar-refractivity contribution >= 4 is 44.2 Å². The van der Waals surface area contributed by atoms with Gasteiger partial charge in [0, 0.05) is 50.0 Å². The molecule has 0 aliphatic carbocycles. The number of ether oxygens (including phenoxy) is 1. The number of hydrogen-bond acceptors (Lipinski definition) is 6. The number of halogens is 1. The molecule has 9 heteroatoms. The molecule has 0 atom stereocenters. The SMILES string of the molecule is Cc1cn(C)nc1C(=O)N(CCN1CCOCC1)c1nc2ccc(Cl)cc2s1. The second kappa shape index (κ2) is 8.16. The lowest BCUT2D eigenvalue weighted by atomic mass is 10.2. The Balaban J connectivity index is 1.64. The van der Waals surface area contributed by atoms with Crippen molar-refractivity contribution in [2.75, 3.05) is 44.3 Å². The van der Waals surface area contributed by atoms with Gasteiger partial charge in [0.25, 0.3) is 5.91 Å². The highest BCUT2D eigenvalue weighted by Gasteiger charge is 2.26. The molecular formula is C19H22ClN5O2S. The normalized spacial score (nSPS) is 15.2. The predicted molar refractivity (Wildman–Crippen MR) is 112 cm³/mol. The maximum atomic E-state index is 13.3. The van der Waals surface area contributed by atoms with E-state index in [1.165, 1.54) is 11.3 Å². The van der Waals surface area contributed by atoms with Gasteiger partial charge in [-0.1, -0.05) is 22.9 Å². The van der Waals surface area contributed by atoms with Crippen LogP contribution < -0.4 is 4.90 Å². The van der Waals surface area contributed by atoms with E-state index < -0.39 is 0 Å². The number of aromatic nitrogens is 3. The summed E-state index contributed by atoms with van der Waals surface area (Å²) in [6.07, 6.45) is 1.85. The summed E-state index contributed by atoms with van der Waals surface area (Å²) in [6, 6.07) is 5.58. The van der Waals surface area contributed by atoms with Gasteiger partial charge in [-0.05, 0) is 25.1 Å². The Morgan fingerprint density at radius 2 is 2.14 bits per heavy atom. The van der Waals surface area contributed by atoms with Crippen molar-refractivity contribution in [3.05, 3.63) is 40.7 Å². The second-order valence-electron chi connectivity index (χ2n) is 6.85. The average Bonchev–Trinajstić information content (AvgIpc) is 3.24. The molecular weight excluding hydrogens is 398 g/mol. The monoisotopic (exact) mass is 419 g/mol. The van der Waals surface area contributed by atoms with Crippen LogP contribution in [0.5, 0.6) is 0 Å². The van der Waals surface area contributed by atoms with Crippen LogP contribution in [0.4, 0.5) is 5.13 Å². The highest BCUT2D eigenvalue weighted by molar-refractivity contribution is 7.22. The van der Waals surface area contributed by atoms with Gasteiger partial charge in [0.05, 0.1) is 23.4 Å². The molecule has 0 unspecified atom stereocenters. The number of rotatable bonds is 5. The third-order valence-corrected chi connectivity index (χ3v) is 6.05. The number of anilines is 1. The van der Waals surface area contributed by atoms with Crippen LogP contribution in [0.25, 0.3) is 10.2 Å². The van der Waals surface area contributed by atoms with Crippen molar-refractivity contribution in [3.63, 3.8) is 0 Å². The molecule has 1 fully saturated rings. The Labute approximate surface area is 172 Å². The lowest BCUT2D eigenvalue weighted by molar-refractivity contribution is 0.0391. The van der Waals surface area contributed by atoms with Gasteiger partial charge in [0.15, 0.2) is 10.8 Å². The largest absolute Gasteiger partial charge is 0.379 e. The summed E-state index contributed by atoms with van der Waals surface area (Å²) in [7, 11) is 1.82. The lowest BCUT2D eigenvalue weighted by Crippen LogP contribution is -2.43. The highest BCUT2D eigenvalue weighted by Crippen LogP contribution is 2.31. The molecule has 0 saturated carbocycles. The zero-order valence-corrected chi connectivity index (χ0v) is 17.5. The first-order valence-electron chi connectivity index (χ1n) is 9.19. The van der Waals surface area contributed by atoms with E-state index >= 15 is 0 Å². The molecule has 0 bridgehead atoms. The summed E-state index contributed by atoms with van der Waals surface area (Å²) in [5.41, 5.74) is 2.15. The molecule has 1 aliphatic heterocycles. The predicted octanol–water partition coefficient (Wildman–Crippen LogP) is 2.97. The molecule has 3 heterocycles. The van der Waals surface area contributed by atoms with E-state index in [0.717, 1.165) is 48.6 Å². The fraction of sp³-hybridized carbons (Fsp3) is 0.421. The summed E-state index contributed by atoms with van der Waals surface area (Å²) in [4.78, 5) is 22.1. The number of morpholine rings is 1. The summed E-state index contributed by atoms with van der Waals surface area (Å²) in [6.45, 7) is 6.42. The maximum absolute atomic E-state index is 13.3. The number of fused-ring (bicyclic) bond motifs is 1. The minimum atomic E-state index is -0.128. The number of carbonyl (C=O) groups excluding carboxylic acids is 1. The number of carbonyl (C=O) groups is 1. The van der Waals surface area contributed by atoms with E-state index in [9.17, 15) is 4.79 Å².